The van der Waals surface area contributed by atoms with Crippen LogP contribution in [0.5, 0.6) is 0 Å². The highest BCUT2D eigenvalue weighted by atomic mass is 16.3. The van der Waals surface area contributed by atoms with Crippen molar-refractivity contribution in [2.45, 2.75) is 50.5 Å². The highest BCUT2D eigenvalue weighted by molar-refractivity contribution is 5.28. The van der Waals surface area contributed by atoms with Crippen molar-refractivity contribution in [1.82, 2.24) is 0 Å². The lowest BCUT2D eigenvalue weighted by atomic mass is 9.95. The second-order valence-corrected chi connectivity index (χ2v) is 7.40. The van der Waals surface area contributed by atoms with Gasteiger partial charge in [-0.3, -0.25) is 0 Å². The molecule has 88 valence electrons. The van der Waals surface area contributed by atoms with Gasteiger partial charge in [0.1, 0.15) is 0 Å². The fourth-order valence-electron chi connectivity index (χ4n) is 6.58. The van der Waals surface area contributed by atoms with E-state index in [0.717, 1.165) is 41.4 Å². The Balaban J connectivity index is 1.44. The third kappa shape index (κ3) is 0.805. The molecular weight excluding hydrogens is 196 g/mol. The van der Waals surface area contributed by atoms with Gasteiger partial charge < -0.3 is 5.11 Å². The Morgan fingerprint density at radius 2 is 1.38 bits per heavy atom. The second kappa shape index (κ2) is 2.53. The summed E-state index contributed by atoms with van der Waals surface area (Å²) in [6, 6.07) is 0. The molecule has 1 N–H and O–H groups in total. The van der Waals surface area contributed by atoms with Crippen LogP contribution in [0.25, 0.3) is 0 Å². The van der Waals surface area contributed by atoms with Crippen molar-refractivity contribution in [2.24, 2.45) is 41.4 Å². The largest absolute Gasteiger partial charge is 0.389 e. The first kappa shape index (κ1) is 8.97. The first-order valence-electron chi connectivity index (χ1n) is 7.54. The minimum atomic E-state index is -0.146. The van der Waals surface area contributed by atoms with E-state index in [4.69, 9.17) is 0 Å². The zero-order valence-electron chi connectivity index (χ0n) is 9.94. The molecule has 0 radical (unpaired) electrons. The molecule has 5 saturated carbocycles. The molecule has 5 rings (SSSR count). The van der Waals surface area contributed by atoms with Gasteiger partial charge in [-0.1, -0.05) is 12.8 Å². The topological polar surface area (TPSA) is 20.2 Å². The van der Waals surface area contributed by atoms with Crippen LogP contribution in [-0.2, 0) is 0 Å². The molecule has 0 aromatic carbocycles. The summed E-state index contributed by atoms with van der Waals surface area (Å²) in [6.45, 7) is 0. The molecule has 0 aliphatic heterocycles. The molecule has 6 atom stereocenters. The maximum Gasteiger partial charge on any atom is 0.0744 e. The fraction of sp³-hybridized carbons (Fsp3) is 1.00. The summed E-state index contributed by atoms with van der Waals surface area (Å²) >= 11 is 0. The van der Waals surface area contributed by atoms with Crippen LogP contribution >= 0.6 is 0 Å². The number of hydrogen-bond donors (Lipinski definition) is 1. The Morgan fingerprint density at radius 3 is 1.94 bits per heavy atom. The van der Waals surface area contributed by atoms with E-state index < -0.39 is 0 Å². The van der Waals surface area contributed by atoms with Gasteiger partial charge >= 0.3 is 0 Å². The monoisotopic (exact) mass is 218 g/mol. The molecule has 5 aliphatic rings. The van der Waals surface area contributed by atoms with E-state index in [0.29, 0.717) is 0 Å². The number of rotatable bonds is 1. The average Bonchev–Trinajstić information content (AvgIpc) is 3.09. The van der Waals surface area contributed by atoms with Crippen LogP contribution in [-0.4, -0.2) is 10.7 Å². The predicted molar refractivity (Wildman–Crippen MR) is 61.7 cm³/mol. The smallest absolute Gasteiger partial charge is 0.0744 e. The molecule has 0 heterocycles. The first-order chi connectivity index (χ1) is 7.82. The molecule has 5 fully saturated rings. The van der Waals surface area contributed by atoms with Crippen LogP contribution in [0, 0.1) is 41.4 Å². The zero-order valence-corrected chi connectivity index (χ0v) is 9.94. The molecule has 0 amide bonds. The molecule has 0 aromatic rings. The van der Waals surface area contributed by atoms with Crippen molar-refractivity contribution in [2.75, 3.05) is 0 Å². The molecule has 1 nitrogen and oxygen atoms in total. The lowest BCUT2D eigenvalue weighted by Gasteiger charge is -2.15. The molecular formula is C15H22O. The van der Waals surface area contributed by atoms with Crippen LogP contribution in [0.3, 0.4) is 0 Å². The average molecular weight is 218 g/mol. The molecule has 0 saturated heterocycles. The second-order valence-electron chi connectivity index (χ2n) is 7.40. The Bertz CT molecular complexity index is 321. The number of hydrogen-bond acceptors (Lipinski definition) is 1. The fourth-order valence-corrected chi connectivity index (χ4v) is 6.58. The van der Waals surface area contributed by atoms with E-state index in [1.165, 1.54) is 44.9 Å². The van der Waals surface area contributed by atoms with Crippen molar-refractivity contribution in [3.05, 3.63) is 0 Å². The predicted octanol–water partition coefficient (Wildman–Crippen LogP) is 2.83. The van der Waals surface area contributed by atoms with E-state index in [-0.39, 0.29) is 5.60 Å². The normalized spacial score (nSPS) is 69.9. The summed E-state index contributed by atoms with van der Waals surface area (Å²) in [5.74, 6) is 6.27. The van der Waals surface area contributed by atoms with Gasteiger partial charge in [-0.25, -0.2) is 0 Å². The molecule has 5 aliphatic carbocycles. The standard InChI is InChI=1S/C15H22O/c16-15(10-3-1-2-4-11(10)15)14-12-8-5-6-9(7-8)13(12)14/h8-14,16H,1-7H2. The SMILES string of the molecule is OC1(C2C3C4CCC(C4)C32)C2CCCCC21. The van der Waals surface area contributed by atoms with Crippen molar-refractivity contribution >= 4 is 0 Å². The van der Waals surface area contributed by atoms with E-state index >= 15 is 0 Å². The highest BCUT2D eigenvalue weighted by Gasteiger charge is 2.79. The van der Waals surface area contributed by atoms with Gasteiger partial charge in [0.2, 0.25) is 0 Å². The summed E-state index contributed by atoms with van der Waals surface area (Å²) < 4.78 is 0. The zero-order chi connectivity index (χ0) is 10.5. The molecule has 16 heavy (non-hydrogen) atoms. The Labute approximate surface area is 97.6 Å². The third-order valence-corrected chi connectivity index (χ3v) is 7.11. The van der Waals surface area contributed by atoms with Gasteiger partial charge in [-0.05, 0) is 73.5 Å². The van der Waals surface area contributed by atoms with Gasteiger partial charge in [-0.2, -0.15) is 0 Å². The van der Waals surface area contributed by atoms with Gasteiger partial charge in [0.05, 0.1) is 5.60 Å². The number of aliphatic hydroxyl groups is 1. The van der Waals surface area contributed by atoms with Crippen LogP contribution in [0.2, 0.25) is 0 Å². The van der Waals surface area contributed by atoms with Gasteiger partial charge in [0, 0.05) is 0 Å². The summed E-state index contributed by atoms with van der Waals surface area (Å²) in [6.07, 6.45) is 9.97. The quantitative estimate of drug-likeness (QED) is 0.717. The van der Waals surface area contributed by atoms with Gasteiger partial charge in [0.15, 0.2) is 0 Å². The minimum absolute atomic E-state index is 0.146. The van der Waals surface area contributed by atoms with E-state index in [1.807, 2.05) is 0 Å². The van der Waals surface area contributed by atoms with Crippen LogP contribution in [0.15, 0.2) is 0 Å². The Hall–Kier alpha value is -0.0400. The van der Waals surface area contributed by atoms with Gasteiger partial charge in [-0.15, -0.1) is 0 Å². The highest BCUT2D eigenvalue weighted by Crippen LogP contribution is 2.79. The Kier molecular flexibility index (Phi) is 1.42. The summed E-state index contributed by atoms with van der Waals surface area (Å²) in [5.41, 5.74) is -0.146. The van der Waals surface area contributed by atoms with E-state index in [1.54, 1.807) is 0 Å². The van der Waals surface area contributed by atoms with Crippen LogP contribution < -0.4 is 0 Å². The van der Waals surface area contributed by atoms with Crippen molar-refractivity contribution in [3.8, 4) is 0 Å². The molecule has 2 bridgehead atoms. The maximum absolute atomic E-state index is 11.0. The Morgan fingerprint density at radius 1 is 0.812 bits per heavy atom. The minimum Gasteiger partial charge on any atom is -0.389 e. The van der Waals surface area contributed by atoms with E-state index in [2.05, 4.69) is 0 Å². The lowest BCUT2D eigenvalue weighted by molar-refractivity contribution is 0.0742. The number of fused-ring (bicyclic) bond motifs is 6. The summed E-state index contributed by atoms with van der Waals surface area (Å²) in [4.78, 5) is 0. The van der Waals surface area contributed by atoms with Crippen molar-refractivity contribution in [3.63, 3.8) is 0 Å². The molecule has 0 spiro atoms. The maximum atomic E-state index is 11.0. The van der Waals surface area contributed by atoms with Crippen LogP contribution in [0.1, 0.15) is 44.9 Å². The lowest BCUT2D eigenvalue weighted by Crippen LogP contribution is -2.21. The summed E-state index contributed by atoms with van der Waals surface area (Å²) in [5, 5.41) is 11.0. The molecule has 1 heteroatoms. The molecule has 6 unspecified atom stereocenters. The first-order valence-corrected chi connectivity index (χ1v) is 7.54. The van der Waals surface area contributed by atoms with Crippen molar-refractivity contribution in [1.29, 1.82) is 0 Å². The third-order valence-electron chi connectivity index (χ3n) is 7.11. The van der Waals surface area contributed by atoms with Crippen molar-refractivity contribution < 1.29 is 5.11 Å². The van der Waals surface area contributed by atoms with Gasteiger partial charge in [0.25, 0.3) is 0 Å². The molecule has 0 aromatic heterocycles. The van der Waals surface area contributed by atoms with E-state index in [9.17, 15) is 5.11 Å². The van der Waals surface area contributed by atoms with Crippen LogP contribution in [0.4, 0.5) is 0 Å². The summed E-state index contributed by atoms with van der Waals surface area (Å²) in [7, 11) is 0.